The summed E-state index contributed by atoms with van der Waals surface area (Å²) in [7, 11) is 0. The quantitative estimate of drug-likeness (QED) is 0.399. The SMILES string of the molecule is O=C(O)C1CCN(CC2=Cc3ccc(OCc4ccc(OC(CF)CF)c(C(F)(F)F)c4)cc3OC2)CC1. The zero-order valence-electron chi connectivity index (χ0n) is 20.5. The number of carbonyl (C=O) groups is 1. The Labute approximate surface area is 216 Å². The van der Waals surface area contributed by atoms with E-state index in [0.717, 1.165) is 23.3 Å². The van der Waals surface area contributed by atoms with Crippen LogP contribution in [-0.4, -0.2) is 61.7 Å². The Bertz CT molecular complexity index is 1160. The topological polar surface area (TPSA) is 68.2 Å². The third-order valence-electron chi connectivity index (χ3n) is 6.51. The number of fused-ring (bicyclic) bond motifs is 1. The van der Waals surface area contributed by atoms with E-state index in [1.165, 1.54) is 6.07 Å². The molecule has 2 aromatic rings. The summed E-state index contributed by atoms with van der Waals surface area (Å²) in [6, 6.07) is 8.37. The van der Waals surface area contributed by atoms with Gasteiger partial charge < -0.3 is 19.3 Å². The standard InChI is InChI=1S/C27H28F5NO5/c28-12-22(13-29)38-24-4-1-17(10-23(24)27(30,31)32)15-36-21-3-2-20-9-18(16-37-25(20)11-21)14-33-7-5-19(6-8-33)26(34)35/h1-4,9-11,19,22H,5-8,12-16H2,(H,34,35). The minimum absolute atomic E-state index is 0.175. The van der Waals surface area contributed by atoms with E-state index in [9.17, 15) is 26.7 Å². The summed E-state index contributed by atoms with van der Waals surface area (Å²) in [5.74, 6) is -0.691. The molecule has 1 fully saturated rings. The van der Waals surface area contributed by atoms with Gasteiger partial charge in [-0.2, -0.15) is 13.2 Å². The van der Waals surface area contributed by atoms with Crippen molar-refractivity contribution in [1.82, 2.24) is 4.90 Å². The minimum Gasteiger partial charge on any atom is -0.489 e. The lowest BCUT2D eigenvalue weighted by Gasteiger charge is -2.31. The smallest absolute Gasteiger partial charge is 0.419 e. The molecule has 2 aromatic carbocycles. The Morgan fingerprint density at radius 1 is 1.11 bits per heavy atom. The van der Waals surface area contributed by atoms with Crippen LogP contribution in [-0.2, 0) is 17.6 Å². The Morgan fingerprint density at radius 3 is 2.50 bits per heavy atom. The predicted molar refractivity (Wildman–Crippen MR) is 129 cm³/mol. The van der Waals surface area contributed by atoms with Crippen LogP contribution in [0.1, 0.15) is 29.5 Å². The molecule has 206 valence electrons. The van der Waals surface area contributed by atoms with Gasteiger partial charge in [0.1, 0.15) is 43.8 Å². The molecule has 0 aliphatic carbocycles. The van der Waals surface area contributed by atoms with Gasteiger partial charge in [0.2, 0.25) is 0 Å². The van der Waals surface area contributed by atoms with Crippen molar-refractivity contribution in [3.05, 3.63) is 58.7 Å². The van der Waals surface area contributed by atoms with Gasteiger partial charge in [-0.15, -0.1) is 0 Å². The second-order valence-corrected chi connectivity index (χ2v) is 9.34. The summed E-state index contributed by atoms with van der Waals surface area (Å²) in [6.07, 6.45) is -3.12. The number of hydrogen-bond acceptors (Lipinski definition) is 5. The first-order valence-corrected chi connectivity index (χ1v) is 12.2. The lowest BCUT2D eigenvalue weighted by molar-refractivity contribution is -0.143. The van der Waals surface area contributed by atoms with Crippen molar-refractivity contribution >= 4 is 12.0 Å². The molecule has 1 N–H and O–H groups in total. The molecule has 0 bridgehead atoms. The maximum atomic E-state index is 13.5. The number of likely N-dealkylation sites (tertiary alicyclic amines) is 1. The summed E-state index contributed by atoms with van der Waals surface area (Å²) in [6.45, 7) is -0.201. The predicted octanol–water partition coefficient (Wildman–Crippen LogP) is 5.54. The van der Waals surface area contributed by atoms with Crippen molar-refractivity contribution in [1.29, 1.82) is 0 Å². The van der Waals surface area contributed by atoms with Gasteiger partial charge >= 0.3 is 12.1 Å². The summed E-state index contributed by atoms with van der Waals surface area (Å²) >= 11 is 0. The maximum absolute atomic E-state index is 13.5. The summed E-state index contributed by atoms with van der Waals surface area (Å²) in [4.78, 5) is 13.3. The molecular formula is C27H28F5NO5. The highest BCUT2D eigenvalue weighted by Gasteiger charge is 2.35. The molecule has 38 heavy (non-hydrogen) atoms. The molecule has 0 aromatic heterocycles. The fourth-order valence-electron chi connectivity index (χ4n) is 4.44. The van der Waals surface area contributed by atoms with E-state index in [4.69, 9.17) is 19.3 Å². The fraction of sp³-hybridized carbons (Fsp3) is 0.444. The Balaban J connectivity index is 1.38. The van der Waals surface area contributed by atoms with Crippen LogP contribution in [0.25, 0.3) is 6.08 Å². The zero-order valence-corrected chi connectivity index (χ0v) is 20.5. The van der Waals surface area contributed by atoms with Gasteiger partial charge in [0.05, 0.1) is 11.5 Å². The third kappa shape index (κ3) is 6.94. The van der Waals surface area contributed by atoms with Crippen molar-refractivity contribution in [2.24, 2.45) is 5.92 Å². The third-order valence-corrected chi connectivity index (χ3v) is 6.51. The molecule has 0 atom stereocenters. The highest BCUT2D eigenvalue weighted by molar-refractivity contribution is 5.70. The summed E-state index contributed by atoms with van der Waals surface area (Å²) in [5, 5.41) is 9.15. The highest BCUT2D eigenvalue weighted by atomic mass is 19.4. The van der Waals surface area contributed by atoms with Gasteiger partial charge in [0.25, 0.3) is 0 Å². The van der Waals surface area contributed by atoms with Crippen LogP contribution in [0.15, 0.2) is 42.0 Å². The molecule has 2 aliphatic heterocycles. The fourth-order valence-corrected chi connectivity index (χ4v) is 4.44. The average molecular weight is 542 g/mol. The molecule has 4 rings (SSSR count). The van der Waals surface area contributed by atoms with Crippen LogP contribution >= 0.6 is 0 Å². The average Bonchev–Trinajstić information content (AvgIpc) is 2.90. The monoisotopic (exact) mass is 541 g/mol. The molecule has 6 nitrogen and oxygen atoms in total. The second-order valence-electron chi connectivity index (χ2n) is 9.34. The minimum atomic E-state index is -4.78. The lowest BCUT2D eigenvalue weighted by atomic mass is 9.96. The molecule has 11 heteroatoms. The number of ether oxygens (including phenoxy) is 3. The molecule has 0 unspecified atom stereocenters. The van der Waals surface area contributed by atoms with Crippen molar-refractivity contribution < 1.29 is 46.1 Å². The largest absolute Gasteiger partial charge is 0.489 e. The van der Waals surface area contributed by atoms with Gasteiger partial charge in [-0.1, -0.05) is 6.07 Å². The number of aliphatic carboxylic acids is 1. The van der Waals surface area contributed by atoms with Gasteiger partial charge in [-0.05, 0) is 67.4 Å². The molecule has 0 spiro atoms. The number of carboxylic acid groups (broad SMARTS) is 1. The number of benzene rings is 2. The molecule has 0 amide bonds. The van der Waals surface area contributed by atoms with Crippen LogP contribution in [0.2, 0.25) is 0 Å². The number of carboxylic acids is 1. The first-order valence-electron chi connectivity index (χ1n) is 12.2. The van der Waals surface area contributed by atoms with E-state index in [1.807, 2.05) is 6.08 Å². The normalized spacial score (nSPS) is 16.5. The molecular weight excluding hydrogens is 513 g/mol. The van der Waals surface area contributed by atoms with E-state index < -0.39 is 42.9 Å². The second kappa shape index (κ2) is 12.0. The number of halogens is 5. The van der Waals surface area contributed by atoms with E-state index >= 15 is 0 Å². The molecule has 2 heterocycles. The Hall–Kier alpha value is -3.34. The number of rotatable bonds is 10. The highest BCUT2D eigenvalue weighted by Crippen LogP contribution is 2.38. The Kier molecular flexibility index (Phi) is 8.76. The van der Waals surface area contributed by atoms with Crippen molar-refractivity contribution in [3.8, 4) is 17.2 Å². The van der Waals surface area contributed by atoms with Gasteiger partial charge in [0, 0.05) is 18.2 Å². The van der Waals surface area contributed by atoms with E-state index in [0.29, 0.717) is 50.6 Å². The first-order chi connectivity index (χ1) is 18.2. The molecule has 2 aliphatic rings. The maximum Gasteiger partial charge on any atom is 0.419 e. The van der Waals surface area contributed by atoms with Crippen molar-refractivity contribution in [2.75, 3.05) is 39.6 Å². The van der Waals surface area contributed by atoms with Gasteiger partial charge in [-0.3, -0.25) is 9.69 Å². The van der Waals surface area contributed by atoms with Crippen LogP contribution in [0, 0.1) is 5.92 Å². The van der Waals surface area contributed by atoms with Crippen molar-refractivity contribution in [2.45, 2.75) is 31.7 Å². The van der Waals surface area contributed by atoms with E-state index in [2.05, 4.69) is 4.90 Å². The van der Waals surface area contributed by atoms with Gasteiger partial charge in [-0.25, -0.2) is 8.78 Å². The number of alkyl halides is 5. The van der Waals surface area contributed by atoms with Crippen LogP contribution in [0.5, 0.6) is 17.2 Å². The summed E-state index contributed by atoms with van der Waals surface area (Å²) < 4.78 is 82.4. The number of hydrogen-bond donors (Lipinski definition) is 1. The first kappa shape index (κ1) is 27.7. The lowest BCUT2D eigenvalue weighted by Crippen LogP contribution is -2.38. The molecule has 0 saturated carbocycles. The van der Waals surface area contributed by atoms with Gasteiger partial charge in [0.15, 0.2) is 6.10 Å². The van der Waals surface area contributed by atoms with Crippen LogP contribution < -0.4 is 14.2 Å². The molecule has 0 radical (unpaired) electrons. The number of nitrogens with zero attached hydrogens (tertiary/aromatic N) is 1. The zero-order chi connectivity index (χ0) is 27.3. The molecule has 1 saturated heterocycles. The van der Waals surface area contributed by atoms with E-state index in [-0.39, 0.29) is 18.1 Å². The van der Waals surface area contributed by atoms with Crippen molar-refractivity contribution in [3.63, 3.8) is 0 Å². The van der Waals surface area contributed by atoms with Crippen LogP contribution in [0.3, 0.4) is 0 Å². The van der Waals surface area contributed by atoms with E-state index in [1.54, 1.807) is 18.2 Å². The Morgan fingerprint density at radius 2 is 1.84 bits per heavy atom. The van der Waals surface area contributed by atoms with Crippen LogP contribution in [0.4, 0.5) is 22.0 Å². The number of piperidine rings is 1. The summed E-state index contributed by atoms with van der Waals surface area (Å²) in [5.41, 5.74) is 0.971.